The van der Waals surface area contributed by atoms with Crippen LogP contribution in [-0.4, -0.2) is 129 Å². The summed E-state index contributed by atoms with van der Waals surface area (Å²) in [5.74, 6) is 2.25. The van der Waals surface area contributed by atoms with Gasteiger partial charge in [-0.3, -0.25) is 53.0 Å². The van der Waals surface area contributed by atoms with Gasteiger partial charge in [-0.15, -0.1) is 17.9 Å². The van der Waals surface area contributed by atoms with E-state index in [0.29, 0.717) is 56.7 Å². The van der Waals surface area contributed by atoms with E-state index in [2.05, 4.69) is 36.1 Å². The molecule has 7 aliphatic rings. The summed E-state index contributed by atoms with van der Waals surface area (Å²) in [7, 11) is 0. The van der Waals surface area contributed by atoms with Crippen molar-refractivity contribution < 1.29 is 57.5 Å². The number of allylic oxidation sites excluding steroid dienone is 4. The third-order valence-electron chi connectivity index (χ3n) is 13.7. The van der Waals surface area contributed by atoms with E-state index in [-0.39, 0.29) is 154 Å². The lowest BCUT2D eigenvalue weighted by molar-refractivity contribution is -0.197. The smallest absolute Gasteiger partial charge is 0.334 e. The molecule has 0 aromatic rings. The molecule has 8 atom stereocenters. The van der Waals surface area contributed by atoms with Gasteiger partial charge in [0.1, 0.15) is 5.60 Å². The summed E-state index contributed by atoms with van der Waals surface area (Å²) in [4.78, 5) is 133. The largest absolute Gasteiger partial charge is 0.460 e. The first kappa shape index (κ1) is 52.9. The summed E-state index contributed by atoms with van der Waals surface area (Å²) in [6.07, 6.45) is 25.2. The zero-order valence-electron chi connectivity index (χ0n) is 38.9. The number of likely N-dealkylation sites (tertiary alicyclic amines) is 2. The Morgan fingerprint density at radius 3 is 1.31 bits per heavy atom. The Labute approximate surface area is 399 Å². The summed E-state index contributed by atoms with van der Waals surface area (Å²) in [5.41, 5.74) is -0.565. The molecule has 0 aromatic heterocycles. The predicted molar refractivity (Wildman–Crippen MR) is 246 cm³/mol. The molecule has 3 saturated heterocycles. The summed E-state index contributed by atoms with van der Waals surface area (Å²) in [6, 6.07) is 0. The van der Waals surface area contributed by atoms with E-state index < -0.39 is 23.4 Å². The van der Waals surface area contributed by atoms with E-state index in [1.54, 1.807) is 20.8 Å². The lowest BCUT2D eigenvalue weighted by Gasteiger charge is -2.23. The molecule has 5 fully saturated rings. The van der Waals surface area contributed by atoms with Crippen molar-refractivity contribution >= 4 is 59.2 Å². The highest BCUT2D eigenvalue weighted by Crippen LogP contribution is 2.53. The fourth-order valence-corrected chi connectivity index (χ4v) is 10.6. The normalized spacial score (nSPS) is 25.8. The quantitative estimate of drug-likeness (QED) is 0.0527. The number of imide groups is 3. The number of fused-ring (bicyclic) bond motifs is 10. The first-order chi connectivity index (χ1) is 31.9. The Morgan fingerprint density at radius 1 is 0.588 bits per heavy atom. The number of rotatable bonds is 21. The van der Waals surface area contributed by atoms with Crippen LogP contribution in [0.5, 0.6) is 0 Å². The molecule has 3 heterocycles. The highest BCUT2D eigenvalue weighted by molar-refractivity contribution is 6.07. The van der Waals surface area contributed by atoms with Gasteiger partial charge in [-0.1, -0.05) is 56.4 Å². The third-order valence-corrected chi connectivity index (χ3v) is 13.7. The van der Waals surface area contributed by atoms with Gasteiger partial charge in [0, 0.05) is 51.9 Å². The number of ether oxygens (including phenoxy) is 1. The van der Waals surface area contributed by atoms with Crippen LogP contribution < -0.4 is 0 Å². The van der Waals surface area contributed by atoms with Crippen LogP contribution in [0.25, 0.3) is 0 Å². The highest BCUT2D eigenvalue weighted by Gasteiger charge is 2.60. The molecule has 2 saturated carbocycles. The summed E-state index contributed by atoms with van der Waals surface area (Å²) >= 11 is 0. The van der Waals surface area contributed by atoms with Crippen molar-refractivity contribution in [3.05, 3.63) is 24.3 Å². The van der Waals surface area contributed by atoms with Crippen molar-refractivity contribution in [1.29, 1.82) is 0 Å². The summed E-state index contributed by atoms with van der Waals surface area (Å²) in [6.45, 7) is 6.59. The van der Waals surface area contributed by atoms with Crippen molar-refractivity contribution in [1.82, 2.24) is 24.7 Å². The van der Waals surface area contributed by atoms with Crippen molar-refractivity contribution in [2.45, 2.75) is 124 Å². The molecule has 7 rings (SSSR count). The Balaban J connectivity index is 0.000000252. The number of terminal acetylenes is 2. The number of amides is 8. The van der Waals surface area contributed by atoms with E-state index in [1.807, 2.05) is 0 Å². The number of carbonyl (C=O) groups excluding carboxylic acids is 10. The van der Waals surface area contributed by atoms with Crippen molar-refractivity contribution in [2.75, 3.05) is 39.3 Å². The molecule has 0 N–H and O–H groups in total. The van der Waals surface area contributed by atoms with Gasteiger partial charge in [0.05, 0.1) is 49.6 Å². The number of carbonyl (C=O) groups is 10. The summed E-state index contributed by atoms with van der Waals surface area (Å²) < 4.78 is 5.28. The molecule has 0 aromatic carbocycles. The molecule has 3 aliphatic heterocycles. The zero-order chi connectivity index (χ0) is 48.6. The fourth-order valence-electron chi connectivity index (χ4n) is 10.6. The average molecular weight is 942 g/mol. The van der Waals surface area contributed by atoms with Gasteiger partial charge in [0.15, 0.2) is 0 Å². The third kappa shape index (κ3) is 12.3. The maximum Gasteiger partial charge on any atom is 0.334 e. The molecule has 17 heteroatoms. The van der Waals surface area contributed by atoms with Gasteiger partial charge >= 0.3 is 11.9 Å². The second kappa shape index (κ2) is 23.3. The van der Waals surface area contributed by atoms with Gasteiger partial charge < -0.3 is 19.4 Å². The Morgan fingerprint density at radius 2 is 0.956 bits per heavy atom. The minimum Gasteiger partial charge on any atom is -0.460 e. The topological polar surface area (TPSA) is 205 Å². The lowest BCUT2D eigenvalue weighted by atomic mass is 9.85. The van der Waals surface area contributed by atoms with Gasteiger partial charge in [-0.2, -0.15) is 0 Å². The number of unbranched alkanes of at least 4 members (excludes halogenated alkanes) is 4. The first-order valence-electron chi connectivity index (χ1n) is 23.7. The standard InChI is InChI=1S/C25H29N3O7.C25H34N2O5.CH4/c1-2-12-26(14-11-21(32)35-28-19(30)9-10-20(28)31)18(29)6-4-3-5-13-27-24(33)22-16-7-8-17(15-16)23(22)25(27)34;1-5-13-26(15-12-20(29)32-25(2,3)4)19(28)9-7-6-8-14-27-23(30)21-17-10-11-18(16-17)22(21)24(27)31;/h1,7-8,16-17,22-23H,3-6,9-15H2;1,10-11,17-18,21-22H,6-9,12-16H2,2-4H3;1H4/t16-,17+,22+,23-;17-,18+,21+,22-;. The SMILES string of the molecule is C.C#CCN(CCC(=O)OC(C)(C)C)C(=O)CCCCCN1C(=O)[C@@H]2[C@H](C1=O)[C@H]1C=C[C@@H]2C1.C#CCN(CCC(=O)ON1C(=O)CCC1=O)C(=O)CCCCCN1C(=O)[C@@H]2[C@H](C1=O)[C@H]1C=C[C@@H]2C1. The molecule has 0 radical (unpaired) electrons. The van der Waals surface area contributed by atoms with E-state index in [1.165, 1.54) is 19.6 Å². The van der Waals surface area contributed by atoms with Crippen molar-refractivity contribution in [2.24, 2.45) is 47.3 Å². The average Bonchev–Trinajstić information content (AvgIpc) is 4.17. The van der Waals surface area contributed by atoms with E-state index >= 15 is 0 Å². The van der Waals surface area contributed by atoms with Crippen LogP contribution >= 0.6 is 0 Å². The zero-order valence-corrected chi connectivity index (χ0v) is 38.9. The van der Waals surface area contributed by atoms with Gasteiger partial charge in [-0.05, 0) is 83.0 Å². The van der Waals surface area contributed by atoms with Gasteiger partial charge in [0.2, 0.25) is 35.4 Å². The van der Waals surface area contributed by atoms with Crippen LogP contribution in [0.3, 0.4) is 0 Å². The number of hydrogen-bond acceptors (Lipinski definition) is 12. The number of nitrogens with zero attached hydrogens (tertiary/aromatic N) is 5. The molecule has 17 nitrogen and oxygen atoms in total. The highest BCUT2D eigenvalue weighted by atomic mass is 16.7. The molecular weight excluding hydrogens is 875 g/mol. The summed E-state index contributed by atoms with van der Waals surface area (Å²) in [5, 5.41) is 0.472. The second-order valence-electron chi connectivity index (χ2n) is 19.4. The van der Waals surface area contributed by atoms with Crippen LogP contribution in [0.15, 0.2) is 24.3 Å². The fraction of sp³-hybridized carbons (Fsp3) is 0.647. The monoisotopic (exact) mass is 941 g/mol. The van der Waals surface area contributed by atoms with Crippen molar-refractivity contribution in [3.8, 4) is 24.7 Å². The van der Waals surface area contributed by atoms with E-state index in [0.717, 1.165) is 19.3 Å². The van der Waals surface area contributed by atoms with E-state index in [4.69, 9.17) is 22.4 Å². The molecule has 0 unspecified atom stereocenters. The Bertz CT molecular complexity index is 2070. The number of esters is 1. The Kier molecular flexibility index (Phi) is 18.1. The molecule has 8 amide bonds. The molecule has 68 heavy (non-hydrogen) atoms. The van der Waals surface area contributed by atoms with Gasteiger partial charge in [-0.25, -0.2) is 4.79 Å². The van der Waals surface area contributed by atoms with Crippen LogP contribution in [0.4, 0.5) is 0 Å². The second-order valence-corrected chi connectivity index (χ2v) is 19.4. The van der Waals surface area contributed by atoms with Gasteiger partial charge in [0.25, 0.3) is 11.8 Å². The maximum atomic E-state index is 12.7. The van der Waals surface area contributed by atoms with Crippen molar-refractivity contribution in [3.63, 3.8) is 0 Å². The molecule has 0 spiro atoms. The molecular formula is C51H67N5O12. The Hall–Kier alpha value is -6.10. The van der Waals surface area contributed by atoms with Crippen LogP contribution in [-0.2, 0) is 57.5 Å². The lowest BCUT2D eigenvalue weighted by Crippen LogP contribution is -2.36. The predicted octanol–water partition coefficient (Wildman–Crippen LogP) is 4.00. The first-order valence-corrected chi connectivity index (χ1v) is 23.7. The maximum absolute atomic E-state index is 12.7. The number of hydroxylamine groups is 2. The van der Waals surface area contributed by atoms with Crippen LogP contribution in [0.2, 0.25) is 0 Å². The molecule has 368 valence electrons. The van der Waals surface area contributed by atoms with E-state index in [9.17, 15) is 47.9 Å². The minimum absolute atomic E-state index is 0. The minimum atomic E-state index is -0.795. The van der Waals surface area contributed by atoms with Crippen LogP contribution in [0.1, 0.15) is 118 Å². The van der Waals surface area contributed by atoms with Crippen LogP contribution in [0, 0.1) is 72.0 Å². The molecule has 4 bridgehead atoms. The molecule has 4 aliphatic carbocycles. The number of hydrogen-bond donors (Lipinski definition) is 0.